The maximum Gasteiger partial charge on any atom is 0.323 e. The highest BCUT2D eigenvalue weighted by Crippen LogP contribution is 2.19. The Kier molecular flexibility index (Phi) is 4.14. The summed E-state index contributed by atoms with van der Waals surface area (Å²) < 4.78 is 5.32. The molecule has 0 spiro atoms. The van der Waals surface area contributed by atoms with E-state index in [1.54, 1.807) is 7.05 Å². The summed E-state index contributed by atoms with van der Waals surface area (Å²) in [6, 6.07) is 0.331. The average molecular weight is 253 g/mol. The van der Waals surface area contributed by atoms with Crippen molar-refractivity contribution < 1.29 is 9.84 Å². The van der Waals surface area contributed by atoms with Crippen LogP contribution in [0.5, 0.6) is 6.01 Å². The van der Waals surface area contributed by atoms with E-state index in [0.717, 1.165) is 25.9 Å². The zero-order chi connectivity index (χ0) is 13.0. The maximum atomic E-state index is 9.50. The third-order valence-electron chi connectivity index (χ3n) is 2.85. The Balaban J connectivity index is 2.17. The molecule has 2 heterocycles. The van der Waals surface area contributed by atoms with Crippen molar-refractivity contribution >= 4 is 11.9 Å². The van der Waals surface area contributed by atoms with E-state index in [2.05, 4.69) is 20.3 Å². The lowest BCUT2D eigenvalue weighted by molar-refractivity contribution is 0.145. The van der Waals surface area contributed by atoms with Crippen molar-refractivity contribution in [2.45, 2.75) is 25.9 Å². The molecule has 1 aliphatic heterocycles. The Bertz CT molecular complexity index is 393. The number of hydrogen-bond acceptors (Lipinski definition) is 7. The molecule has 7 heteroatoms. The molecule has 2 N–H and O–H groups in total. The fourth-order valence-corrected chi connectivity index (χ4v) is 1.86. The summed E-state index contributed by atoms with van der Waals surface area (Å²) >= 11 is 0. The number of ether oxygens (including phenoxy) is 1. The van der Waals surface area contributed by atoms with Gasteiger partial charge in [0.05, 0.1) is 12.7 Å². The summed E-state index contributed by atoms with van der Waals surface area (Å²) in [5.41, 5.74) is 0. The van der Waals surface area contributed by atoms with Crippen LogP contribution >= 0.6 is 0 Å². The molecular weight excluding hydrogens is 234 g/mol. The van der Waals surface area contributed by atoms with E-state index in [4.69, 9.17) is 4.74 Å². The zero-order valence-electron chi connectivity index (χ0n) is 10.8. The molecule has 0 aliphatic carbocycles. The van der Waals surface area contributed by atoms with E-state index in [-0.39, 0.29) is 6.10 Å². The van der Waals surface area contributed by atoms with Crippen molar-refractivity contribution in [3.8, 4) is 6.01 Å². The number of rotatable bonds is 4. The van der Waals surface area contributed by atoms with Crippen LogP contribution in [-0.2, 0) is 0 Å². The van der Waals surface area contributed by atoms with Gasteiger partial charge in [0, 0.05) is 20.1 Å². The highest BCUT2D eigenvalue weighted by Gasteiger charge is 2.20. The SMILES string of the molecule is CCOc1nc(NC)nc(N2CCC(O)CC2)n1. The molecule has 1 aromatic heterocycles. The quantitative estimate of drug-likeness (QED) is 0.797. The molecular formula is C11H19N5O2. The molecule has 0 unspecified atom stereocenters. The molecule has 18 heavy (non-hydrogen) atoms. The van der Waals surface area contributed by atoms with Crippen LogP contribution in [0.2, 0.25) is 0 Å². The number of piperidine rings is 1. The predicted octanol–water partition coefficient (Wildman–Crippen LogP) is 0.273. The van der Waals surface area contributed by atoms with E-state index in [9.17, 15) is 5.11 Å². The lowest BCUT2D eigenvalue weighted by atomic mass is 10.1. The minimum atomic E-state index is -0.210. The molecule has 0 bridgehead atoms. The van der Waals surface area contributed by atoms with Gasteiger partial charge in [-0.1, -0.05) is 0 Å². The summed E-state index contributed by atoms with van der Waals surface area (Å²) in [6.07, 6.45) is 1.27. The third-order valence-corrected chi connectivity index (χ3v) is 2.85. The fraction of sp³-hybridized carbons (Fsp3) is 0.727. The summed E-state index contributed by atoms with van der Waals surface area (Å²) in [5.74, 6) is 1.10. The number of aromatic nitrogens is 3. The van der Waals surface area contributed by atoms with Gasteiger partial charge in [-0.3, -0.25) is 0 Å². The van der Waals surface area contributed by atoms with Crippen molar-refractivity contribution in [2.75, 3.05) is 37.0 Å². The predicted molar refractivity (Wildman–Crippen MR) is 68.0 cm³/mol. The third kappa shape index (κ3) is 2.98. The van der Waals surface area contributed by atoms with E-state index in [1.165, 1.54) is 0 Å². The molecule has 0 radical (unpaired) electrons. The Hall–Kier alpha value is -1.63. The van der Waals surface area contributed by atoms with Gasteiger partial charge in [-0.25, -0.2) is 0 Å². The number of aliphatic hydroxyl groups is 1. The van der Waals surface area contributed by atoms with Gasteiger partial charge in [0.1, 0.15) is 0 Å². The minimum Gasteiger partial charge on any atom is -0.464 e. The fourth-order valence-electron chi connectivity index (χ4n) is 1.86. The first-order valence-electron chi connectivity index (χ1n) is 6.22. The Morgan fingerprint density at radius 1 is 1.33 bits per heavy atom. The van der Waals surface area contributed by atoms with Gasteiger partial charge in [-0.05, 0) is 19.8 Å². The van der Waals surface area contributed by atoms with E-state index in [0.29, 0.717) is 24.5 Å². The smallest absolute Gasteiger partial charge is 0.323 e. The number of aliphatic hydroxyl groups excluding tert-OH is 1. The van der Waals surface area contributed by atoms with E-state index < -0.39 is 0 Å². The number of hydrogen-bond donors (Lipinski definition) is 2. The van der Waals surface area contributed by atoms with Gasteiger partial charge in [-0.15, -0.1) is 0 Å². The Morgan fingerprint density at radius 3 is 2.67 bits per heavy atom. The topological polar surface area (TPSA) is 83.4 Å². The van der Waals surface area contributed by atoms with Crippen LogP contribution in [0.15, 0.2) is 0 Å². The molecule has 1 aromatic rings. The minimum absolute atomic E-state index is 0.210. The highest BCUT2D eigenvalue weighted by atomic mass is 16.5. The van der Waals surface area contributed by atoms with Gasteiger partial charge in [0.2, 0.25) is 11.9 Å². The van der Waals surface area contributed by atoms with Gasteiger partial charge in [-0.2, -0.15) is 15.0 Å². The van der Waals surface area contributed by atoms with Crippen LogP contribution in [0, 0.1) is 0 Å². The lowest BCUT2D eigenvalue weighted by Crippen LogP contribution is -2.37. The molecule has 0 saturated carbocycles. The van der Waals surface area contributed by atoms with E-state index in [1.807, 2.05) is 11.8 Å². The van der Waals surface area contributed by atoms with Crippen molar-refractivity contribution in [3.05, 3.63) is 0 Å². The van der Waals surface area contributed by atoms with Crippen LogP contribution in [0.25, 0.3) is 0 Å². The molecule has 7 nitrogen and oxygen atoms in total. The number of nitrogens with zero attached hydrogens (tertiary/aromatic N) is 4. The monoisotopic (exact) mass is 253 g/mol. The van der Waals surface area contributed by atoms with Crippen LogP contribution < -0.4 is 15.0 Å². The molecule has 100 valence electrons. The molecule has 0 aromatic carbocycles. The largest absolute Gasteiger partial charge is 0.464 e. The molecule has 1 aliphatic rings. The molecule has 0 atom stereocenters. The van der Waals surface area contributed by atoms with Gasteiger partial charge >= 0.3 is 6.01 Å². The summed E-state index contributed by atoms with van der Waals surface area (Å²) in [6.45, 7) is 3.91. The van der Waals surface area contributed by atoms with Crippen molar-refractivity contribution in [3.63, 3.8) is 0 Å². The Morgan fingerprint density at radius 2 is 2.06 bits per heavy atom. The first kappa shape index (κ1) is 12.8. The van der Waals surface area contributed by atoms with Crippen molar-refractivity contribution in [1.82, 2.24) is 15.0 Å². The van der Waals surface area contributed by atoms with Crippen LogP contribution in [0.4, 0.5) is 11.9 Å². The molecule has 2 rings (SSSR count). The molecule has 0 amide bonds. The second-order valence-electron chi connectivity index (χ2n) is 4.14. The second-order valence-corrected chi connectivity index (χ2v) is 4.14. The number of anilines is 2. The molecule has 1 fully saturated rings. The van der Waals surface area contributed by atoms with Crippen LogP contribution in [0.1, 0.15) is 19.8 Å². The highest BCUT2D eigenvalue weighted by molar-refractivity contribution is 5.38. The number of nitrogens with one attached hydrogen (secondary N) is 1. The normalized spacial score (nSPS) is 16.7. The second kappa shape index (κ2) is 5.81. The van der Waals surface area contributed by atoms with Crippen LogP contribution in [0.3, 0.4) is 0 Å². The maximum absolute atomic E-state index is 9.50. The first-order valence-corrected chi connectivity index (χ1v) is 6.22. The van der Waals surface area contributed by atoms with Crippen molar-refractivity contribution in [1.29, 1.82) is 0 Å². The first-order chi connectivity index (χ1) is 8.72. The Labute approximate surface area is 106 Å². The lowest BCUT2D eigenvalue weighted by Gasteiger charge is -2.29. The standard InChI is InChI=1S/C11H19N5O2/c1-3-18-11-14-9(12-2)13-10(15-11)16-6-4-8(17)5-7-16/h8,17H,3-7H2,1-2H3,(H,12,13,14,15). The average Bonchev–Trinajstić information content (AvgIpc) is 2.39. The zero-order valence-corrected chi connectivity index (χ0v) is 10.8. The summed E-state index contributed by atoms with van der Waals surface area (Å²) in [5, 5.41) is 12.4. The summed E-state index contributed by atoms with van der Waals surface area (Å²) in [7, 11) is 1.76. The van der Waals surface area contributed by atoms with Crippen LogP contribution in [-0.4, -0.2) is 52.9 Å². The summed E-state index contributed by atoms with van der Waals surface area (Å²) in [4.78, 5) is 14.8. The van der Waals surface area contributed by atoms with Gasteiger partial charge < -0.3 is 20.1 Å². The van der Waals surface area contributed by atoms with Crippen molar-refractivity contribution in [2.24, 2.45) is 0 Å². The van der Waals surface area contributed by atoms with Gasteiger partial charge in [0.25, 0.3) is 0 Å². The van der Waals surface area contributed by atoms with Gasteiger partial charge in [0.15, 0.2) is 0 Å². The van der Waals surface area contributed by atoms with E-state index >= 15 is 0 Å². The molecule has 1 saturated heterocycles.